The number of anilines is 1. The molecule has 90 valence electrons. The highest BCUT2D eigenvalue weighted by Crippen LogP contribution is 2.18. The normalized spacial score (nSPS) is 15.7. The molecule has 5 nitrogen and oxygen atoms in total. The molecule has 1 aromatic carbocycles. The minimum Gasteiger partial charge on any atom is -0.326 e. The third kappa shape index (κ3) is 3.47. The van der Waals surface area contributed by atoms with E-state index >= 15 is 0 Å². The number of rotatable bonds is 3. The predicted molar refractivity (Wildman–Crippen MR) is 66.9 cm³/mol. The SMILES string of the molecule is CC(=O)Nc1cccc(CN2CC(=O)NS2)c1. The second kappa shape index (κ2) is 5.20. The molecule has 17 heavy (non-hydrogen) atoms. The average molecular weight is 251 g/mol. The molecule has 2 amide bonds. The molecule has 0 unspecified atom stereocenters. The summed E-state index contributed by atoms with van der Waals surface area (Å²) in [6.45, 7) is 2.54. The van der Waals surface area contributed by atoms with Gasteiger partial charge in [0, 0.05) is 31.3 Å². The number of carbonyl (C=O) groups is 2. The molecule has 0 atom stereocenters. The zero-order valence-electron chi connectivity index (χ0n) is 9.40. The summed E-state index contributed by atoms with van der Waals surface area (Å²) < 4.78 is 4.60. The summed E-state index contributed by atoms with van der Waals surface area (Å²) in [4.78, 5) is 22.0. The van der Waals surface area contributed by atoms with E-state index in [1.807, 2.05) is 28.6 Å². The Labute approximate surface area is 104 Å². The van der Waals surface area contributed by atoms with Crippen molar-refractivity contribution in [1.82, 2.24) is 9.03 Å². The molecule has 2 rings (SSSR count). The summed E-state index contributed by atoms with van der Waals surface area (Å²) in [5, 5.41) is 2.73. The van der Waals surface area contributed by atoms with Gasteiger partial charge in [-0.2, -0.15) is 0 Å². The lowest BCUT2D eigenvalue weighted by molar-refractivity contribution is -0.118. The van der Waals surface area contributed by atoms with Crippen molar-refractivity contribution in [3.8, 4) is 0 Å². The maximum absolute atomic E-state index is 11.0. The van der Waals surface area contributed by atoms with Gasteiger partial charge in [0.1, 0.15) is 0 Å². The van der Waals surface area contributed by atoms with Crippen LogP contribution in [0.15, 0.2) is 24.3 Å². The lowest BCUT2D eigenvalue weighted by Gasteiger charge is -2.11. The van der Waals surface area contributed by atoms with Crippen LogP contribution in [0.3, 0.4) is 0 Å². The molecule has 0 aliphatic carbocycles. The summed E-state index contributed by atoms with van der Waals surface area (Å²) in [5.74, 6) is -0.0671. The molecule has 0 aromatic heterocycles. The Morgan fingerprint density at radius 2 is 2.41 bits per heavy atom. The Bertz CT molecular complexity index is 450. The Morgan fingerprint density at radius 3 is 3.06 bits per heavy atom. The van der Waals surface area contributed by atoms with E-state index in [9.17, 15) is 9.59 Å². The molecule has 1 aliphatic rings. The summed E-state index contributed by atoms with van der Waals surface area (Å²) >= 11 is 1.31. The van der Waals surface area contributed by atoms with Gasteiger partial charge in [0.15, 0.2) is 0 Å². The smallest absolute Gasteiger partial charge is 0.246 e. The van der Waals surface area contributed by atoms with Crippen molar-refractivity contribution in [3.63, 3.8) is 0 Å². The van der Waals surface area contributed by atoms with E-state index in [-0.39, 0.29) is 11.8 Å². The van der Waals surface area contributed by atoms with Gasteiger partial charge in [-0.15, -0.1) is 0 Å². The number of hydrogen-bond acceptors (Lipinski definition) is 4. The second-order valence-electron chi connectivity index (χ2n) is 3.80. The topological polar surface area (TPSA) is 61.4 Å². The summed E-state index contributed by atoms with van der Waals surface area (Å²) in [6.07, 6.45) is 0. The summed E-state index contributed by atoms with van der Waals surface area (Å²) in [6, 6.07) is 7.60. The third-order valence-corrected chi connectivity index (χ3v) is 3.05. The first-order valence-electron chi connectivity index (χ1n) is 5.21. The highest BCUT2D eigenvalue weighted by molar-refractivity contribution is 7.96. The molecule has 0 saturated carbocycles. The van der Waals surface area contributed by atoms with Gasteiger partial charge in [-0.1, -0.05) is 12.1 Å². The molecule has 0 bridgehead atoms. The zero-order valence-corrected chi connectivity index (χ0v) is 10.2. The second-order valence-corrected chi connectivity index (χ2v) is 4.70. The number of benzene rings is 1. The number of amides is 2. The largest absolute Gasteiger partial charge is 0.326 e. The molecule has 2 N–H and O–H groups in total. The summed E-state index contributed by atoms with van der Waals surface area (Å²) in [5.41, 5.74) is 1.83. The van der Waals surface area contributed by atoms with E-state index in [1.165, 1.54) is 19.1 Å². The van der Waals surface area contributed by atoms with Gasteiger partial charge in [0.25, 0.3) is 0 Å². The average Bonchev–Trinajstić information content (AvgIpc) is 2.63. The minimum absolute atomic E-state index is 0.0213. The van der Waals surface area contributed by atoms with Crippen LogP contribution in [0.5, 0.6) is 0 Å². The van der Waals surface area contributed by atoms with E-state index < -0.39 is 0 Å². The molecule has 1 heterocycles. The maximum Gasteiger partial charge on any atom is 0.246 e. The zero-order chi connectivity index (χ0) is 12.3. The number of carbonyl (C=O) groups excluding carboxylic acids is 2. The molecule has 1 aliphatic heterocycles. The molecular formula is C11H13N3O2S. The monoisotopic (exact) mass is 251 g/mol. The summed E-state index contributed by atoms with van der Waals surface area (Å²) in [7, 11) is 0. The quantitative estimate of drug-likeness (QED) is 0.791. The van der Waals surface area contributed by atoms with Gasteiger partial charge in [-0.05, 0) is 17.7 Å². The first-order valence-corrected chi connectivity index (χ1v) is 5.98. The van der Waals surface area contributed by atoms with Crippen LogP contribution in [0.1, 0.15) is 12.5 Å². The van der Waals surface area contributed by atoms with Crippen LogP contribution in [0.4, 0.5) is 5.69 Å². The van der Waals surface area contributed by atoms with Crippen molar-refractivity contribution < 1.29 is 9.59 Å². The first-order chi connectivity index (χ1) is 8.13. The highest BCUT2D eigenvalue weighted by atomic mass is 32.2. The van der Waals surface area contributed by atoms with Crippen molar-refractivity contribution in [2.24, 2.45) is 0 Å². The minimum atomic E-state index is -0.0884. The number of nitrogens with one attached hydrogen (secondary N) is 2. The van der Waals surface area contributed by atoms with E-state index in [0.717, 1.165) is 11.3 Å². The van der Waals surface area contributed by atoms with E-state index in [2.05, 4.69) is 10.0 Å². The Hall–Kier alpha value is -1.53. The van der Waals surface area contributed by atoms with Crippen LogP contribution >= 0.6 is 12.1 Å². The van der Waals surface area contributed by atoms with E-state index in [1.54, 1.807) is 0 Å². The molecule has 6 heteroatoms. The Balaban J connectivity index is 2.01. The molecule has 1 aromatic rings. The number of nitrogens with zero attached hydrogens (tertiary/aromatic N) is 1. The third-order valence-electron chi connectivity index (χ3n) is 2.21. The standard InChI is InChI=1S/C11H13N3O2S/c1-8(15)12-10-4-2-3-9(5-10)6-14-7-11(16)13-17-14/h2-5H,6-7H2,1H3,(H,12,15)(H,13,16). The lowest BCUT2D eigenvalue weighted by atomic mass is 10.2. The van der Waals surface area contributed by atoms with E-state index in [0.29, 0.717) is 13.1 Å². The van der Waals surface area contributed by atoms with Gasteiger partial charge < -0.3 is 5.32 Å². The van der Waals surface area contributed by atoms with Crippen LogP contribution in [0, 0.1) is 0 Å². The van der Waals surface area contributed by atoms with Crippen molar-refractivity contribution in [2.75, 3.05) is 11.9 Å². The van der Waals surface area contributed by atoms with Crippen molar-refractivity contribution in [1.29, 1.82) is 0 Å². The lowest BCUT2D eigenvalue weighted by Crippen LogP contribution is -2.16. The van der Waals surface area contributed by atoms with Crippen molar-refractivity contribution >= 4 is 29.6 Å². The fourth-order valence-corrected chi connectivity index (χ4v) is 2.27. The van der Waals surface area contributed by atoms with E-state index in [4.69, 9.17) is 0 Å². The van der Waals surface area contributed by atoms with Gasteiger partial charge in [0.2, 0.25) is 11.8 Å². The van der Waals surface area contributed by atoms with Crippen LogP contribution < -0.4 is 10.0 Å². The number of hydrogen-bond donors (Lipinski definition) is 2. The van der Waals surface area contributed by atoms with Crippen molar-refractivity contribution in [2.45, 2.75) is 13.5 Å². The fourth-order valence-electron chi connectivity index (χ4n) is 1.58. The Kier molecular flexibility index (Phi) is 3.65. The van der Waals surface area contributed by atoms with Gasteiger partial charge in [0.05, 0.1) is 6.54 Å². The van der Waals surface area contributed by atoms with Crippen LogP contribution in [0.2, 0.25) is 0 Å². The molecule has 0 radical (unpaired) electrons. The van der Waals surface area contributed by atoms with Crippen LogP contribution in [-0.4, -0.2) is 22.7 Å². The van der Waals surface area contributed by atoms with Gasteiger partial charge >= 0.3 is 0 Å². The molecule has 1 fully saturated rings. The molecule has 0 spiro atoms. The molecule has 1 saturated heterocycles. The maximum atomic E-state index is 11.0. The fraction of sp³-hybridized carbons (Fsp3) is 0.273. The van der Waals surface area contributed by atoms with Crippen molar-refractivity contribution in [3.05, 3.63) is 29.8 Å². The van der Waals surface area contributed by atoms with Crippen LogP contribution in [0.25, 0.3) is 0 Å². The highest BCUT2D eigenvalue weighted by Gasteiger charge is 2.19. The Morgan fingerprint density at radius 1 is 1.59 bits per heavy atom. The molecular weight excluding hydrogens is 238 g/mol. The van der Waals surface area contributed by atoms with Gasteiger partial charge in [-0.3, -0.25) is 14.3 Å². The van der Waals surface area contributed by atoms with Crippen LogP contribution in [-0.2, 0) is 16.1 Å². The predicted octanol–water partition coefficient (Wildman–Crippen LogP) is 1.14. The van der Waals surface area contributed by atoms with Gasteiger partial charge in [-0.25, -0.2) is 4.31 Å². The first kappa shape index (κ1) is 11.9.